The highest BCUT2D eigenvalue weighted by Crippen LogP contribution is 2.22. The molecule has 2 heterocycles. The maximum atomic E-state index is 4.59. The molecule has 0 atom stereocenters. The van der Waals surface area contributed by atoms with Crippen LogP contribution in [0.2, 0.25) is 0 Å². The standard InChI is InChI=1S/C20H23N5/c1-15-3-8-19-16(13-15)14-21-20(23-19)22-17-4-6-18(7-5-17)25-11-9-24(2)10-12-25/h3-8,13-14H,9-12H2,1-2H3,(H,21,22,23). The van der Waals surface area contributed by atoms with E-state index in [0.29, 0.717) is 5.95 Å². The van der Waals surface area contributed by atoms with E-state index in [0.717, 1.165) is 42.8 Å². The van der Waals surface area contributed by atoms with Crippen LogP contribution in [0.15, 0.2) is 48.7 Å². The highest BCUT2D eigenvalue weighted by Gasteiger charge is 2.14. The number of benzene rings is 2. The van der Waals surface area contributed by atoms with Gasteiger partial charge in [0.25, 0.3) is 0 Å². The molecule has 4 rings (SSSR count). The quantitative estimate of drug-likeness (QED) is 0.795. The highest BCUT2D eigenvalue weighted by atomic mass is 15.2. The van der Waals surface area contributed by atoms with E-state index in [-0.39, 0.29) is 0 Å². The molecule has 1 fully saturated rings. The van der Waals surface area contributed by atoms with E-state index in [2.05, 4.69) is 75.5 Å². The summed E-state index contributed by atoms with van der Waals surface area (Å²) in [5.41, 5.74) is 4.45. The minimum absolute atomic E-state index is 0.628. The summed E-state index contributed by atoms with van der Waals surface area (Å²) in [6, 6.07) is 14.7. The number of rotatable bonds is 3. The predicted molar refractivity (Wildman–Crippen MR) is 104 cm³/mol. The topological polar surface area (TPSA) is 44.3 Å². The van der Waals surface area contributed by atoms with E-state index in [1.807, 2.05) is 12.3 Å². The van der Waals surface area contributed by atoms with Crippen LogP contribution in [0.1, 0.15) is 5.56 Å². The van der Waals surface area contributed by atoms with Crippen molar-refractivity contribution in [2.75, 3.05) is 43.4 Å². The number of hydrogen-bond acceptors (Lipinski definition) is 5. The molecule has 25 heavy (non-hydrogen) atoms. The lowest BCUT2D eigenvalue weighted by Gasteiger charge is -2.34. The summed E-state index contributed by atoms with van der Waals surface area (Å²) in [4.78, 5) is 13.8. The first-order valence-corrected chi connectivity index (χ1v) is 8.71. The van der Waals surface area contributed by atoms with Gasteiger partial charge in [-0.05, 0) is 50.4 Å². The Labute approximate surface area is 148 Å². The molecular formula is C20H23N5. The molecule has 1 saturated heterocycles. The number of nitrogens with zero attached hydrogens (tertiary/aromatic N) is 4. The summed E-state index contributed by atoms with van der Waals surface area (Å²) in [5.74, 6) is 0.628. The van der Waals surface area contributed by atoms with E-state index in [1.165, 1.54) is 11.3 Å². The molecule has 1 aliphatic rings. The Balaban J connectivity index is 1.48. The van der Waals surface area contributed by atoms with Crippen molar-refractivity contribution in [3.63, 3.8) is 0 Å². The van der Waals surface area contributed by atoms with Crippen molar-refractivity contribution in [3.8, 4) is 0 Å². The summed E-state index contributed by atoms with van der Waals surface area (Å²) < 4.78 is 0. The van der Waals surface area contributed by atoms with Gasteiger partial charge in [-0.2, -0.15) is 0 Å². The van der Waals surface area contributed by atoms with Gasteiger partial charge in [-0.25, -0.2) is 9.97 Å². The largest absolute Gasteiger partial charge is 0.369 e. The third kappa shape index (κ3) is 3.56. The molecule has 0 saturated carbocycles. The fourth-order valence-corrected chi connectivity index (χ4v) is 3.16. The van der Waals surface area contributed by atoms with Crippen molar-refractivity contribution >= 4 is 28.2 Å². The Kier molecular flexibility index (Phi) is 4.24. The van der Waals surface area contributed by atoms with Crippen LogP contribution in [-0.4, -0.2) is 48.1 Å². The Morgan fingerprint density at radius 3 is 2.48 bits per heavy atom. The molecule has 2 aromatic carbocycles. The third-order valence-corrected chi connectivity index (χ3v) is 4.73. The lowest BCUT2D eigenvalue weighted by Crippen LogP contribution is -2.44. The first kappa shape index (κ1) is 15.8. The minimum atomic E-state index is 0.628. The minimum Gasteiger partial charge on any atom is -0.369 e. The number of likely N-dealkylation sites (N-methyl/N-ethyl adjacent to an activating group) is 1. The Morgan fingerprint density at radius 1 is 0.960 bits per heavy atom. The molecule has 3 aromatic rings. The van der Waals surface area contributed by atoms with Gasteiger partial charge in [-0.1, -0.05) is 11.6 Å². The first-order valence-electron chi connectivity index (χ1n) is 8.71. The lowest BCUT2D eigenvalue weighted by atomic mass is 10.2. The van der Waals surface area contributed by atoms with Crippen LogP contribution < -0.4 is 10.2 Å². The molecular weight excluding hydrogens is 310 g/mol. The van der Waals surface area contributed by atoms with E-state index < -0.39 is 0 Å². The van der Waals surface area contributed by atoms with Crippen LogP contribution in [-0.2, 0) is 0 Å². The van der Waals surface area contributed by atoms with Crippen molar-refractivity contribution in [1.29, 1.82) is 0 Å². The van der Waals surface area contributed by atoms with Crippen LogP contribution in [0, 0.1) is 6.92 Å². The zero-order valence-electron chi connectivity index (χ0n) is 14.7. The predicted octanol–water partition coefficient (Wildman–Crippen LogP) is 3.43. The van der Waals surface area contributed by atoms with Gasteiger partial charge in [-0.3, -0.25) is 0 Å². The van der Waals surface area contributed by atoms with E-state index in [9.17, 15) is 0 Å². The van der Waals surface area contributed by atoms with E-state index >= 15 is 0 Å². The van der Waals surface area contributed by atoms with Crippen LogP contribution in [0.4, 0.5) is 17.3 Å². The van der Waals surface area contributed by atoms with Gasteiger partial charge in [0.1, 0.15) is 0 Å². The number of fused-ring (bicyclic) bond motifs is 1. The van der Waals surface area contributed by atoms with Crippen molar-refractivity contribution in [2.24, 2.45) is 0 Å². The summed E-state index contributed by atoms with van der Waals surface area (Å²) in [5, 5.41) is 4.36. The fraction of sp³-hybridized carbons (Fsp3) is 0.300. The zero-order chi connectivity index (χ0) is 17.2. The van der Waals surface area contributed by atoms with Gasteiger partial charge < -0.3 is 15.1 Å². The summed E-state index contributed by atoms with van der Waals surface area (Å²) in [7, 11) is 2.18. The number of hydrogen-bond donors (Lipinski definition) is 1. The number of aromatic nitrogens is 2. The summed E-state index contributed by atoms with van der Waals surface area (Å²) >= 11 is 0. The Morgan fingerprint density at radius 2 is 1.72 bits per heavy atom. The average molecular weight is 333 g/mol. The van der Waals surface area contributed by atoms with Crippen LogP contribution in [0.5, 0.6) is 0 Å². The molecule has 0 spiro atoms. The normalized spacial score (nSPS) is 15.5. The van der Waals surface area contributed by atoms with Gasteiger partial charge in [0.2, 0.25) is 5.95 Å². The maximum Gasteiger partial charge on any atom is 0.227 e. The van der Waals surface area contributed by atoms with Crippen molar-refractivity contribution in [1.82, 2.24) is 14.9 Å². The molecule has 0 unspecified atom stereocenters. The molecule has 5 heteroatoms. The number of anilines is 3. The monoisotopic (exact) mass is 333 g/mol. The molecule has 0 aliphatic carbocycles. The molecule has 0 bridgehead atoms. The van der Waals surface area contributed by atoms with E-state index in [1.54, 1.807) is 0 Å². The Bertz CT molecular complexity index is 867. The highest BCUT2D eigenvalue weighted by molar-refractivity contribution is 5.79. The number of piperazine rings is 1. The second-order valence-corrected chi connectivity index (χ2v) is 6.72. The summed E-state index contributed by atoms with van der Waals surface area (Å²) in [6.07, 6.45) is 1.87. The molecule has 0 radical (unpaired) electrons. The molecule has 1 aliphatic heterocycles. The molecule has 5 nitrogen and oxygen atoms in total. The van der Waals surface area contributed by atoms with Crippen LogP contribution in [0.3, 0.4) is 0 Å². The zero-order valence-corrected chi connectivity index (χ0v) is 14.7. The molecule has 1 N–H and O–H groups in total. The Hall–Kier alpha value is -2.66. The van der Waals surface area contributed by atoms with Gasteiger partial charge >= 0.3 is 0 Å². The second kappa shape index (κ2) is 6.69. The first-order chi connectivity index (χ1) is 12.2. The van der Waals surface area contributed by atoms with Gasteiger partial charge in [0.05, 0.1) is 5.52 Å². The average Bonchev–Trinajstić information content (AvgIpc) is 2.63. The van der Waals surface area contributed by atoms with Crippen molar-refractivity contribution < 1.29 is 0 Å². The fourth-order valence-electron chi connectivity index (χ4n) is 3.16. The number of nitrogens with one attached hydrogen (secondary N) is 1. The van der Waals surface area contributed by atoms with Crippen LogP contribution >= 0.6 is 0 Å². The van der Waals surface area contributed by atoms with Gasteiger partial charge in [-0.15, -0.1) is 0 Å². The molecule has 1 aromatic heterocycles. The summed E-state index contributed by atoms with van der Waals surface area (Å²) in [6.45, 7) is 6.47. The molecule has 0 amide bonds. The molecule has 128 valence electrons. The number of aryl methyl sites for hydroxylation is 1. The van der Waals surface area contributed by atoms with Crippen molar-refractivity contribution in [2.45, 2.75) is 6.92 Å². The van der Waals surface area contributed by atoms with E-state index in [4.69, 9.17) is 0 Å². The van der Waals surface area contributed by atoms with Gasteiger partial charge in [0.15, 0.2) is 0 Å². The lowest BCUT2D eigenvalue weighted by molar-refractivity contribution is 0.313. The smallest absolute Gasteiger partial charge is 0.227 e. The van der Waals surface area contributed by atoms with Gasteiger partial charge in [0, 0.05) is 49.1 Å². The third-order valence-electron chi connectivity index (χ3n) is 4.73. The second-order valence-electron chi connectivity index (χ2n) is 6.72. The maximum absolute atomic E-state index is 4.59. The van der Waals surface area contributed by atoms with Crippen molar-refractivity contribution in [3.05, 3.63) is 54.2 Å². The SMILES string of the molecule is Cc1ccc2nc(Nc3ccc(N4CCN(C)CC4)cc3)ncc2c1. The van der Waals surface area contributed by atoms with Crippen LogP contribution in [0.25, 0.3) is 10.9 Å².